The number of ether oxygens (including phenoxy) is 1. The molecule has 12 heavy (non-hydrogen) atoms. The smallest absolute Gasteiger partial charge is 0.123 e. The summed E-state index contributed by atoms with van der Waals surface area (Å²) in [4.78, 5) is 0. The van der Waals surface area contributed by atoms with Crippen LogP contribution in [-0.4, -0.2) is 7.11 Å². The maximum Gasteiger partial charge on any atom is 0.123 e. The van der Waals surface area contributed by atoms with Crippen molar-refractivity contribution in [3.63, 3.8) is 0 Å². The molecule has 0 N–H and O–H groups in total. The minimum Gasteiger partial charge on any atom is -0.496 e. The van der Waals surface area contributed by atoms with Gasteiger partial charge in [0.25, 0.3) is 0 Å². The molecule has 1 aromatic carbocycles. The predicted octanol–water partition coefficient (Wildman–Crippen LogP) is 3.34. The average molecular weight is 203 g/mol. The Balaban J connectivity index is 3.12. The molecule has 3 heteroatoms. The summed E-state index contributed by atoms with van der Waals surface area (Å²) in [6.07, 6.45) is 0. The molecular weight excluding hydrogens is 192 g/mol. The van der Waals surface area contributed by atoms with Gasteiger partial charge in [0.15, 0.2) is 0 Å². The van der Waals surface area contributed by atoms with E-state index >= 15 is 0 Å². The molecule has 0 amide bonds. The highest BCUT2D eigenvalue weighted by Gasteiger charge is 2.07. The van der Waals surface area contributed by atoms with E-state index in [1.807, 2.05) is 19.1 Å². The lowest BCUT2D eigenvalue weighted by atomic mass is 10.1. The first-order valence-corrected chi connectivity index (χ1v) is 4.56. The Labute approximate surface area is 83.1 Å². The van der Waals surface area contributed by atoms with E-state index in [1.165, 1.54) is 0 Å². The van der Waals surface area contributed by atoms with Gasteiger partial charge in [-0.25, -0.2) is 0 Å². The second kappa shape index (κ2) is 4.06. The maximum atomic E-state index is 5.83. The Kier molecular flexibility index (Phi) is 3.29. The number of benzene rings is 1. The molecule has 0 aliphatic rings. The zero-order chi connectivity index (χ0) is 9.14. The van der Waals surface area contributed by atoms with Crippen molar-refractivity contribution >= 4 is 24.2 Å². The largest absolute Gasteiger partial charge is 0.496 e. The minimum absolute atomic E-state index is 0.138. The molecule has 66 valence electrons. The van der Waals surface area contributed by atoms with Crippen molar-refractivity contribution < 1.29 is 4.74 Å². The van der Waals surface area contributed by atoms with Crippen LogP contribution in [0.1, 0.15) is 17.7 Å². The fourth-order valence-electron chi connectivity index (χ4n) is 1.03. The van der Waals surface area contributed by atoms with Crippen LogP contribution in [0.3, 0.4) is 0 Å². The minimum atomic E-state index is 0.138. The van der Waals surface area contributed by atoms with Crippen molar-refractivity contribution in [3.8, 4) is 5.75 Å². The van der Waals surface area contributed by atoms with Crippen LogP contribution in [0, 0.1) is 0 Å². The normalized spacial score (nSPS) is 12.7. The molecule has 0 fully saturated rings. The molecule has 1 unspecified atom stereocenters. The lowest BCUT2D eigenvalue weighted by Crippen LogP contribution is -1.91. The molecular formula is C9H11ClOS. The first-order chi connectivity index (χ1) is 5.65. The van der Waals surface area contributed by atoms with E-state index in [0.29, 0.717) is 5.02 Å². The van der Waals surface area contributed by atoms with Crippen LogP contribution in [0.5, 0.6) is 5.75 Å². The van der Waals surface area contributed by atoms with Gasteiger partial charge in [0.05, 0.1) is 7.11 Å². The lowest BCUT2D eigenvalue weighted by Gasteiger charge is -2.10. The van der Waals surface area contributed by atoms with Crippen molar-refractivity contribution in [2.75, 3.05) is 7.11 Å². The van der Waals surface area contributed by atoms with Gasteiger partial charge in [-0.1, -0.05) is 11.6 Å². The summed E-state index contributed by atoms with van der Waals surface area (Å²) < 4.78 is 5.15. The van der Waals surface area contributed by atoms with E-state index in [0.717, 1.165) is 11.3 Å². The monoisotopic (exact) mass is 202 g/mol. The fourth-order valence-corrected chi connectivity index (χ4v) is 1.41. The van der Waals surface area contributed by atoms with E-state index < -0.39 is 0 Å². The molecule has 0 aromatic heterocycles. The molecule has 0 bridgehead atoms. The SMILES string of the molecule is COc1ccc(Cl)cc1C(C)S. The first kappa shape index (κ1) is 9.75. The summed E-state index contributed by atoms with van der Waals surface area (Å²) in [5, 5.41) is 0.852. The summed E-state index contributed by atoms with van der Waals surface area (Å²) in [6.45, 7) is 1.98. The fraction of sp³-hybridized carbons (Fsp3) is 0.333. The Hall–Kier alpha value is -0.340. The number of rotatable bonds is 2. The van der Waals surface area contributed by atoms with Gasteiger partial charge in [0.1, 0.15) is 5.75 Å². The zero-order valence-corrected chi connectivity index (χ0v) is 8.69. The van der Waals surface area contributed by atoms with Gasteiger partial charge < -0.3 is 4.74 Å². The van der Waals surface area contributed by atoms with Crippen LogP contribution in [0.15, 0.2) is 18.2 Å². The highest BCUT2D eigenvalue weighted by molar-refractivity contribution is 7.80. The van der Waals surface area contributed by atoms with Crippen molar-refractivity contribution in [1.29, 1.82) is 0 Å². The molecule has 1 atom stereocenters. The highest BCUT2D eigenvalue weighted by atomic mass is 35.5. The van der Waals surface area contributed by atoms with Crippen LogP contribution >= 0.6 is 24.2 Å². The van der Waals surface area contributed by atoms with E-state index in [-0.39, 0.29) is 5.25 Å². The average Bonchev–Trinajstić information content (AvgIpc) is 2.04. The highest BCUT2D eigenvalue weighted by Crippen LogP contribution is 2.30. The Morgan fingerprint density at radius 3 is 2.67 bits per heavy atom. The molecule has 1 nitrogen and oxygen atoms in total. The topological polar surface area (TPSA) is 9.23 Å². The van der Waals surface area contributed by atoms with Gasteiger partial charge in [-0.15, -0.1) is 0 Å². The third kappa shape index (κ3) is 2.08. The van der Waals surface area contributed by atoms with E-state index in [4.69, 9.17) is 16.3 Å². The van der Waals surface area contributed by atoms with Gasteiger partial charge in [-0.05, 0) is 25.1 Å². The molecule has 0 radical (unpaired) electrons. The Morgan fingerprint density at radius 2 is 2.17 bits per heavy atom. The third-order valence-electron chi connectivity index (χ3n) is 1.64. The molecule has 1 rings (SSSR count). The standard InChI is InChI=1S/C9H11ClOS/c1-6(12)8-5-7(10)3-4-9(8)11-2/h3-6,12H,1-2H3. The number of thiol groups is 1. The molecule has 0 aliphatic heterocycles. The Morgan fingerprint density at radius 1 is 1.50 bits per heavy atom. The molecule has 1 aromatic rings. The van der Waals surface area contributed by atoms with Crippen molar-refractivity contribution in [1.82, 2.24) is 0 Å². The van der Waals surface area contributed by atoms with E-state index in [9.17, 15) is 0 Å². The van der Waals surface area contributed by atoms with Gasteiger partial charge in [0.2, 0.25) is 0 Å². The number of methoxy groups -OCH3 is 1. The van der Waals surface area contributed by atoms with Gasteiger partial charge >= 0.3 is 0 Å². The van der Waals surface area contributed by atoms with Crippen LogP contribution in [0.25, 0.3) is 0 Å². The van der Waals surface area contributed by atoms with Gasteiger partial charge in [-0.2, -0.15) is 12.6 Å². The summed E-state index contributed by atoms with van der Waals surface area (Å²) >= 11 is 10.1. The van der Waals surface area contributed by atoms with E-state index in [1.54, 1.807) is 13.2 Å². The third-order valence-corrected chi connectivity index (χ3v) is 2.16. The van der Waals surface area contributed by atoms with Crippen LogP contribution in [0.2, 0.25) is 5.02 Å². The number of halogens is 1. The van der Waals surface area contributed by atoms with Crippen molar-refractivity contribution in [2.24, 2.45) is 0 Å². The quantitative estimate of drug-likeness (QED) is 0.724. The number of hydrogen-bond donors (Lipinski definition) is 1. The second-order valence-electron chi connectivity index (χ2n) is 2.56. The van der Waals surface area contributed by atoms with Crippen molar-refractivity contribution in [2.45, 2.75) is 12.2 Å². The van der Waals surface area contributed by atoms with Crippen LogP contribution in [-0.2, 0) is 0 Å². The van der Waals surface area contributed by atoms with Gasteiger partial charge in [0, 0.05) is 15.8 Å². The summed E-state index contributed by atoms with van der Waals surface area (Å²) in [6, 6.07) is 5.53. The molecule has 0 saturated heterocycles. The molecule has 0 aliphatic carbocycles. The zero-order valence-electron chi connectivity index (χ0n) is 7.04. The van der Waals surface area contributed by atoms with E-state index in [2.05, 4.69) is 12.6 Å². The maximum absolute atomic E-state index is 5.83. The van der Waals surface area contributed by atoms with Gasteiger partial charge in [-0.3, -0.25) is 0 Å². The number of hydrogen-bond acceptors (Lipinski definition) is 2. The van der Waals surface area contributed by atoms with Crippen molar-refractivity contribution in [3.05, 3.63) is 28.8 Å². The summed E-state index contributed by atoms with van der Waals surface area (Å²) in [5.41, 5.74) is 1.02. The second-order valence-corrected chi connectivity index (χ2v) is 3.77. The first-order valence-electron chi connectivity index (χ1n) is 3.66. The summed E-state index contributed by atoms with van der Waals surface area (Å²) in [7, 11) is 1.64. The summed E-state index contributed by atoms with van der Waals surface area (Å²) in [5.74, 6) is 0.835. The molecule has 0 saturated carbocycles. The lowest BCUT2D eigenvalue weighted by molar-refractivity contribution is 0.410. The predicted molar refractivity (Wildman–Crippen MR) is 55.4 cm³/mol. The Bertz CT molecular complexity index is 273. The molecule has 0 spiro atoms. The van der Waals surface area contributed by atoms with Crippen LogP contribution < -0.4 is 4.74 Å². The molecule has 0 heterocycles. The van der Waals surface area contributed by atoms with Crippen LogP contribution in [0.4, 0.5) is 0 Å².